The summed E-state index contributed by atoms with van der Waals surface area (Å²) in [6.07, 6.45) is 2.05. The lowest BCUT2D eigenvalue weighted by atomic mass is 10.1. The molecule has 1 N–H and O–H groups in total. The van der Waals surface area contributed by atoms with Gasteiger partial charge in [0.2, 0.25) is 0 Å². The molecule has 0 saturated carbocycles. The minimum atomic E-state index is -1.03. The lowest BCUT2D eigenvalue weighted by Crippen LogP contribution is -2.35. The molecule has 1 heterocycles. The first kappa shape index (κ1) is 21.3. The summed E-state index contributed by atoms with van der Waals surface area (Å²) in [5.41, 5.74) is 1.34. The second-order valence-corrected chi connectivity index (χ2v) is 7.26. The summed E-state index contributed by atoms with van der Waals surface area (Å²) in [6, 6.07) is 13.7. The van der Waals surface area contributed by atoms with Gasteiger partial charge in [-0.1, -0.05) is 30.3 Å². The maximum Gasteiger partial charge on any atom is 0.339 e. The average Bonchev–Trinajstić information content (AvgIpc) is 2.78. The van der Waals surface area contributed by atoms with Crippen LogP contribution in [0.15, 0.2) is 48.5 Å². The minimum absolute atomic E-state index is 0.0465. The van der Waals surface area contributed by atoms with Crippen molar-refractivity contribution in [3.05, 3.63) is 69.8 Å². The third-order valence-corrected chi connectivity index (χ3v) is 5.07. The van der Waals surface area contributed by atoms with Gasteiger partial charge in [-0.15, -0.1) is 0 Å². The largest absolute Gasteiger partial charge is 0.449 e. The van der Waals surface area contributed by atoms with Crippen molar-refractivity contribution in [2.24, 2.45) is 0 Å². The van der Waals surface area contributed by atoms with E-state index < -0.39 is 22.9 Å². The Balaban J connectivity index is 1.64. The molecular formula is C22H25N3O5. The number of nitrogens with zero attached hydrogens (tertiary/aromatic N) is 2. The fourth-order valence-electron chi connectivity index (χ4n) is 3.41. The first-order chi connectivity index (χ1) is 14.5. The number of piperidine rings is 1. The molecule has 3 rings (SSSR count). The first-order valence-electron chi connectivity index (χ1n) is 10.0. The standard InChI is InChI=1S/C22H25N3O5/c1-16(21(26)23-15-17-8-4-2-5-9-17)30-22(27)18-10-11-19(20(14-18)25(28)29)24-12-6-3-7-13-24/h2,4-5,8-11,14,16H,3,6-7,12-13,15H2,1H3,(H,23,26)/t16-/m0/s1. The predicted molar refractivity (Wildman–Crippen MR) is 112 cm³/mol. The van der Waals surface area contributed by atoms with E-state index in [-0.39, 0.29) is 11.3 Å². The van der Waals surface area contributed by atoms with Crippen LogP contribution in [0.4, 0.5) is 11.4 Å². The van der Waals surface area contributed by atoms with E-state index in [2.05, 4.69) is 5.32 Å². The van der Waals surface area contributed by atoms with Crippen molar-refractivity contribution in [2.45, 2.75) is 38.8 Å². The highest BCUT2D eigenvalue weighted by Gasteiger charge is 2.25. The molecule has 1 saturated heterocycles. The SMILES string of the molecule is C[C@H](OC(=O)c1ccc(N2CCCCC2)c([N+](=O)[O-])c1)C(=O)NCc1ccccc1. The number of benzene rings is 2. The molecule has 1 aliphatic heterocycles. The van der Waals surface area contributed by atoms with Gasteiger partial charge in [0.25, 0.3) is 11.6 Å². The maximum absolute atomic E-state index is 12.5. The van der Waals surface area contributed by atoms with Crippen LogP contribution in [0.1, 0.15) is 42.1 Å². The molecule has 1 amide bonds. The molecule has 2 aromatic carbocycles. The molecule has 30 heavy (non-hydrogen) atoms. The molecule has 0 aliphatic carbocycles. The second kappa shape index (κ2) is 9.87. The van der Waals surface area contributed by atoms with E-state index in [1.165, 1.54) is 19.1 Å². The van der Waals surface area contributed by atoms with E-state index in [9.17, 15) is 19.7 Å². The molecule has 0 aromatic heterocycles. The Kier molecular flexibility index (Phi) is 7.00. The Hall–Kier alpha value is -3.42. The van der Waals surface area contributed by atoms with E-state index in [0.29, 0.717) is 12.2 Å². The maximum atomic E-state index is 12.5. The fraction of sp³-hybridized carbons (Fsp3) is 0.364. The summed E-state index contributed by atoms with van der Waals surface area (Å²) < 4.78 is 5.22. The molecule has 0 bridgehead atoms. The number of carbonyl (C=O) groups excluding carboxylic acids is 2. The zero-order valence-electron chi connectivity index (χ0n) is 16.9. The Bertz CT molecular complexity index is 910. The molecule has 8 heteroatoms. The Morgan fingerprint density at radius 1 is 1.13 bits per heavy atom. The Labute approximate surface area is 175 Å². The van der Waals surface area contributed by atoms with Gasteiger partial charge in [-0.05, 0) is 43.9 Å². The minimum Gasteiger partial charge on any atom is -0.449 e. The van der Waals surface area contributed by atoms with Crippen molar-refractivity contribution in [2.75, 3.05) is 18.0 Å². The second-order valence-electron chi connectivity index (χ2n) is 7.26. The third-order valence-electron chi connectivity index (χ3n) is 5.07. The normalized spacial score (nSPS) is 14.6. The molecule has 0 radical (unpaired) electrons. The Morgan fingerprint density at radius 3 is 2.50 bits per heavy atom. The number of hydrogen-bond acceptors (Lipinski definition) is 6. The van der Waals surface area contributed by atoms with Crippen molar-refractivity contribution in [1.29, 1.82) is 0 Å². The lowest BCUT2D eigenvalue weighted by Gasteiger charge is -2.28. The van der Waals surface area contributed by atoms with Crippen LogP contribution in [0.2, 0.25) is 0 Å². The van der Waals surface area contributed by atoms with Gasteiger partial charge < -0.3 is 15.0 Å². The molecule has 0 unspecified atom stereocenters. The van der Waals surface area contributed by atoms with Gasteiger partial charge in [0.05, 0.1) is 10.5 Å². The number of nitro benzene ring substituents is 1. The van der Waals surface area contributed by atoms with Gasteiger partial charge in [0.15, 0.2) is 6.10 Å². The van der Waals surface area contributed by atoms with Gasteiger partial charge in [0.1, 0.15) is 5.69 Å². The van der Waals surface area contributed by atoms with Crippen molar-refractivity contribution in [3.63, 3.8) is 0 Å². The number of esters is 1. The zero-order valence-corrected chi connectivity index (χ0v) is 16.9. The van der Waals surface area contributed by atoms with Crippen LogP contribution >= 0.6 is 0 Å². The number of ether oxygens (including phenoxy) is 1. The first-order valence-corrected chi connectivity index (χ1v) is 10.0. The van der Waals surface area contributed by atoms with Crippen LogP contribution in [0.3, 0.4) is 0 Å². The van der Waals surface area contributed by atoms with Crippen LogP contribution in [-0.2, 0) is 16.1 Å². The van der Waals surface area contributed by atoms with Crippen LogP contribution < -0.4 is 10.2 Å². The van der Waals surface area contributed by atoms with Crippen molar-refractivity contribution in [3.8, 4) is 0 Å². The third kappa shape index (κ3) is 5.34. The molecule has 1 fully saturated rings. The number of nitrogens with one attached hydrogen (secondary N) is 1. The van der Waals surface area contributed by atoms with Gasteiger partial charge in [-0.25, -0.2) is 4.79 Å². The smallest absolute Gasteiger partial charge is 0.339 e. The topological polar surface area (TPSA) is 102 Å². The molecule has 0 spiro atoms. The summed E-state index contributed by atoms with van der Waals surface area (Å²) in [5, 5.41) is 14.3. The van der Waals surface area contributed by atoms with Gasteiger partial charge in [-0.2, -0.15) is 0 Å². The molecular weight excluding hydrogens is 386 g/mol. The number of carbonyl (C=O) groups is 2. The molecule has 158 valence electrons. The van der Waals surface area contributed by atoms with Crippen LogP contribution in [0.25, 0.3) is 0 Å². The fourth-order valence-corrected chi connectivity index (χ4v) is 3.41. The number of rotatable bonds is 7. The quantitative estimate of drug-likeness (QED) is 0.425. The summed E-state index contributed by atoms with van der Waals surface area (Å²) >= 11 is 0. The molecule has 1 atom stereocenters. The summed E-state index contributed by atoms with van der Waals surface area (Å²) in [7, 11) is 0. The molecule has 8 nitrogen and oxygen atoms in total. The zero-order chi connectivity index (χ0) is 21.5. The highest BCUT2D eigenvalue weighted by atomic mass is 16.6. The van der Waals surface area contributed by atoms with E-state index in [1.54, 1.807) is 6.07 Å². The van der Waals surface area contributed by atoms with E-state index in [1.807, 2.05) is 35.2 Å². The van der Waals surface area contributed by atoms with Gasteiger partial charge in [0, 0.05) is 25.7 Å². The van der Waals surface area contributed by atoms with Crippen molar-refractivity contribution in [1.82, 2.24) is 5.32 Å². The predicted octanol–water partition coefficient (Wildman–Crippen LogP) is 3.45. The van der Waals surface area contributed by atoms with Gasteiger partial charge >= 0.3 is 5.97 Å². The van der Waals surface area contributed by atoms with E-state index in [0.717, 1.165) is 37.9 Å². The summed E-state index contributed by atoms with van der Waals surface area (Å²) in [5.74, 6) is -1.21. The highest BCUT2D eigenvalue weighted by molar-refractivity contribution is 5.93. The number of amides is 1. The van der Waals surface area contributed by atoms with E-state index >= 15 is 0 Å². The van der Waals surface area contributed by atoms with Gasteiger partial charge in [-0.3, -0.25) is 14.9 Å². The van der Waals surface area contributed by atoms with Crippen LogP contribution in [-0.4, -0.2) is 36.0 Å². The summed E-state index contributed by atoms with van der Waals surface area (Å²) in [4.78, 5) is 37.7. The lowest BCUT2D eigenvalue weighted by molar-refractivity contribution is -0.384. The number of hydrogen-bond donors (Lipinski definition) is 1. The summed E-state index contributed by atoms with van der Waals surface area (Å²) in [6.45, 7) is 3.29. The average molecular weight is 411 g/mol. The molecule has 1 aliphatic rings. The number of nitro groups is 1. The van der Waals surface area contributed by atoms with Crippen LogP contribution in [0.5, 0.6) is 0 Å². The van der Waals surface area contributed by atoms with Crippen LogP contribution in [0, 0.1) is 10.1 Å². The Morgan fingerprint density at radius 2 is 1.83 bits per heavy atom. The monoisotopic (exact) mass is 411 g/mol. The number of anilines is 1. The van der Waals surface area contributed by atoms with Crippen molar-refractivity contribution < 1.29 is 19.2 Å². The molecule has 2 aromatic rings. The van der Waals surface area contributed by atoms with E-state index in [4.69, 9.17) is 4.74 Å². The van der Waals surface area contributed by atoms with Crippen molar-refractivity contribution >= 4 is 23.3 Å². The highest BCUT2D eigenvalue weighted by Crippen LogP contribution is 2.31.